The van der Waals surface area contributed by atoms with Crippen LogP contribution in [0.3, 0.4) is 0 Å². The van der Waals surface area contributed by atoms with E-state index in [0.717, 1.165) is 12.5 Å². The molecule has 0 spiro atoms. The van der Waals surface area contributed by atoms with Gasteiger partial charge in [0.15, 0.2) is 0 Å². The lowest BCUT2D eigenvalue weighted by Gasteiger charge is -2.42. The number of pyridine rings is 2. The van der Waals surface area contributed by atoms with Crippen LogP contribution in [0.1, 0.15) is 65.0 Å². The van der Waals surface area contributed by atoms with Gasteiger partial charge in [0.1, 0.15) is 11.4 Å². The summed E-state index contributed by atoms with van der Waals surface area (Å²) < 4.78 is 33.6. The van der Waals surface area contributed by atoms with E-state index in [0.29, 0.717) is 25.2 Å². The van der Waals surface area contributed by atoms with Crippen LogP contribution in [-0.4, -0.2) is 26.9 Å². The fraction of sp³-hybridized carbons (Fsp3) is 0.579. The molecule has 3 rings (SSSR count). The highest BCUT2D eigenvalue weighted by molar-refractivity contribution is 5.80. The van der Waals surface area contributed by atoms with Crippen LogP contribution in [0, 0.1) is 0 Å². The first kappa shape index (κ1) is 20.3. The van der Waals surface area contributed by atoms with Crippen molar-refractivity contribution in [2.75, 3.05) is 6.61 Å². The Morgan fingerprint density at radius 3 is 2.58 bits per heavy atom. The van der Waals surface area contributed by atoms with Gasteiger partial charge in [-0.2, -0.15) is 0 Å². The summed E-state index contributed by atoms with van der Waals surface area (Å²) >= 11 is 0. The normalized spacial score (nSPS) is 21.9. The van der Waals surface area contributed by atoms with Crippen molar-refractivity contribution in [3.63, 3.8) is 0 Å². The topological polar surface area (TPSA) is 64.3 Å². The molecule has 7 heteroatoms. The minimum atomic E-state index is -2.78. The van der Waals surface area contributed by atoms with E-state index in [1.54, 1.807) is 6.92 Å². The molecule has 0 aromatic carbocycles. The zero-order chi connectivity index (χ0) is 19.5. The summed E-state index contributed by atoms with van der Waals surface area (Å²) in [5.74, 6) is 0.400. The van der Waals surface area contributed by atoms with E-state index in [-0.39, 0.29) is 22.6 Å². The van der Waals surface area contributed by atoms with Crippen molar-refractivity contribution < 1.29 is 18.6 Å². The summed E-state index contributed by atoms with van der Waals surface area (Å²) in [4.78, 5) is 16.5. The van der Waals surface area contributed by atoms with Crippen LogP contribution in [0.5, 0.6) is 5.75 Å². The van der Waals surface area contributed by atoms with Gasteiger partial charge in [-0.1, -0.05) is 20.8 Å². The highest BCUT2D eigenvalue weighted by Gasteiger charge is 2.40. The molecular formula is C19H26F2N2O3. The van der Waals surface area contributed by atoms with E-state index in [1.807, 2.05) is 20.8 Å². The molecule has 144 valence electrons. The molecule has 1 aliphatic rings. The maximum atomic E-state index is 13.4. The molecule has 0 bridgehead atoms. The molecule has 1 aliphatic carbocycles. The summed E-state index contributed by atoms with van der Waals surface area (Å²) in [6.07, 6.45) is 0.246. The van der Waals surface area contributed by atoms with Crippen molar-refractivity contribution in [1.82, 2.24) is 9.55 Å². The number of rotatable bonds is 5. The molecular weight excluding hydrogens is 342 g/mol. The lowest BCUT2D eigenvalue weighted by Crippen LogP contribution is -2.45. The van der Waals surface area contributed by atoms with Crippen LogP contribution in [0.15, 0.2) is 23.1 Å². The van der Waals surface area contributed by atoms with Gasteiger partial charge in [-0.25, -0.2) is 13.8 Å². The molecule has 0 atom stereocenters. The van der Waals surface area contributed by atoms with Gasteiger partial charge in [0.25, 0.3) is 12.0 Å². The van der Waals surface area contributed by atoms with Crippen LogP contribution in [0.4, 0.5) is 8.78 Å². The number of ether oxygens (including phenoxy) is 1. The van der Waals surface area contributed by atoms with E-state index in [9.17, 15) is 18.7 Å². The Hall–Kier alpha value is -2.02. The standard InChI is InChI=1S/C17H20F2N2O3.C2H6/c1-3-4-24-11-5-13-12(15(18)19)6-14(22)21(16(13)20-9-11)10-7-17(2,23)8-10;1-2/h5-6,9-10,15,23H,3-4,7-8H2,1-2H3;1-2H3. The van der Waals surface area contributed by atoms with Gasteiger partial charge >= 0.3 is 0 Å². The molecule has 0 unspecified atom stereocenters. The molecule has 1 N–H and O–H groups in total. The van der Waals surface area contributed by atoms with Crippen LogP contribution in [0.2, 0.25) is 0 Å². The van der Waals surface area contributed by atoms with Crippen molar-refractivity contribution in [3.05, 3.63) is 34.2 Å². The van der Waals surface area contributed by atoms with Crippen molar-refractivity contribution in [2.45, 2.75) is 65.0 Å². The summed E-state index contributed by atoms with van der Waals surface area (Å²) in [7, 11) is 0. The third-order valence-corrected chi connectivity index (χ3v) is 4.32. The van der Waals surface area contributed by atoms with E-state index >= 15 is 0 Å². The molecule has 0 amide bonds. The maximum absolute atomic E-state index is 13.4. The second kappa shape index (κ2) is 8.12. The zero-order valence-electron chi connectivity index (χ0n) is 15.6. The average Bonchev–Trinajstić information content (AvgIpc) is 2.59. The van der Waals surface area contributed by atoms with Crippen LogP contribution in [0.25, 0.3) is 11.0 Å². The number of aromatic nitrogens is 2. The van der Waals surface area contributed by atoms with E-state index in [2.05, 4.69) is 4.98 Å². The van der Waals surface area contributed by atoms with Crippen LogP contribution in [-0.2, 0) is 0 Å². The van der Waals surface area contributed by atoms with Gasteiger partial charge in [0.2, 0.25) is 0 Å². The number of nitrogens with zero attached hydrogens (tertiary/aromatic N) is 2. The van der Waals surface area contributed by atoms with Crippen molar-refractivity contribution >= 4 is 11.0 Å². The lowest BCUT2D eigenvalue weighted by atomic mass is 9.77. The maximum Gasteiger partial charge on any atom is 0.264 e. The molecule has 2 aromatic rings. The fourth-order valence-corrected chi connectivity index (χ4v) is 3.20. The molecule has 5 nitrogen and oxygen atoms in total. The zero-order valence-corrected chi connectivity index (χ0v) is 15.6. The number of aliphatic hydroxyl groups is 1. The predicted molar refractivity (Wildman–Crippen MR) is 97.0 cm³/mol. The first-order chi connectivity index (χ1) is 12.3. The Kier molecular flexibility index (Phi) is 6.34. The minimum Gasteiger partial charge on any atom is -0.492 e. The van der Waals surface area contributed by atoms with Crippen LogP contribution >= 0.6 is 0 Å². The molecule has 2 aromatic heterocycles. The largest absolute Gasteiger partial charge is 0.492 e. The second-order valence-electron chi connectivity index (χ2n) is 6.56. The smallest absolute Gasteiger partial charge is 0.264 e. The number of hydrogen-bond acceptors (Lipinski definition) is 4. The summed E-state index contributed by atoms with van der Waals surface area (Å²) in [6.45, 7) is 8.09. The van der Waals surface area contributed by atoms with Gasteiger partial charge in [-0.05, 0) is 32.3 Å². The minimum absolute atomic E-state index is 0.210. The fourth-order valence-electron chi connectivity index (χ4n) is 3.20. The lowest BCUT2D eigenvalue weighted by molar-refractivity contribution is -0.0507. The van der Waals surface area contributed by atoms with Gasteiger partial charge in [-0.3, -0.25) is 9.36 Å². The second-order valence-corrected chi connectivity index (χ2v) is 6.56. The highest BCUT2D eigenvalue weighted by Crippen LogP contribution is 2.41. The molecule has 0 aliphatic heterocycles. The van der Waals surface area contributed by atoms with Crippen LogP contribution < -0.4 is 10.3 Å². The Balaban J connectivity index is 0.00000117. The third-order valence-electron chi connectivity index (χ3n) is 4.32. The van der Waals surface area contributed by atoms with Gasteiger partial charge in [0, 0.05) is 23.1 Å². The molecule has 1 fully saturated rings. The number of alkyl halides is 2. The van der Waals surface area contributed by atoms with Crippen molar-refractivity contribution in [2.24, 2.45) is 0 Å². The Labute approximate surface area is 151 Å². The quantitative estimate of drug-likeness (QED) is 0.858. The molecule has 26 heavy (non-hydrogen) atoms. The third kappa shape index (κ3) is 4.03. The number of fused-ring (bicyclic) bond motifs is 1. The summed E-state index contributed by atoms with van der Waals surface area (Å²) in [5, 5.41) is 10.1. The summed E-state index contributed by atoms with van der Waals surface area (Å²) in [5.41, 5.74) is -1.48. The van der Waals surface area contributed by atoms with Gasteiger partial charge in [0.05, 0.1) is 18.4 Å². The molecule has 1 saturated carbocycles. The van der Waals surface area contributed by atoms with E-state index < -0.39 is 17.6 Å². The Bertz CT molecular complexity index is 810. The predicted octanol–water partition coefficient (Wildman–Crippen LogP) is 4.24. The highest BCUT2D eigenvalue weighted by atomic mass is 19.3. The Morgan fingerprint density at radius 2 is 2.04 bits per heavy atom. The first-order valence-electron chi connectivity index (χ1n) is 9.01. The van der Waals surface area contributed by atoms with Gasteiger partial charge < -0.3 is 9.84 Å². The molecule has 2 heterocycles. The molecule has 0 radical (unpaired) electrons. The number of hydrogen-bond donors (Lipinski definition) is 1. The van der Waals surface area contributed by atoms with Crippen molar-refractivity contribution in [1.29, 1.82) is 0 Å². The van der Waals surface area contributed by atoms with Gasteiger partial charge in [-0.15, -0.1) is 0 Å². The monoisotopic (exact) mass is 368 g/mol. The van der Waals surface area contributed by atoms with E-state index in [1.165, 1.54) is 16.8 Å². The van der Waals surface area contributed by atoms with E-state index in [4.69, 9.17) is 4.74 Å². The van der Waals surface area contributed by atoms with Crippen molar-refractivity contribution in [3.8, 4) is 5.75 Å². The molecule has 0 saturated heterocycles. The Morgan fingerprint density at radius 1 is 1.38 bits per heavy atom. The SMILES string of the molecule is CC.CCCOc1cnc2c(c1)c(C(F)F)cc(=O)n2C1CC(C)(O)C1. The number of halogens is 2. The first-order valence-corrected chi connectivity index (χ1v) is 9.01. The average molecular weight is 368 g/mol. The summed E-state index contributed by atoms with van der Waals surface area (Å²) in [6, 6.07) is 2.23.